The van der Waals surface area contributed by atoms with Crippen LogP contribution < -0.4 is 0 Å². The molecule has 24 heavy (non-hydrogen) atoms. The number of hydrogen-bond donors (Lipinski definition) is 0. The van der Waals surface area contributed by atoms with Crippen LogP contribution in [0.2, 0.25) is 0 Å². The molecule has 1 aliphatic carbocycles. The van der Waals surface area contributed by atoms with E-state index in [1.165, 1.54) is 23.3 Å². The molecule has 0 radical (unpaired) electrons. The van der Waals surface area contributed by atoms with Gasteiger partial charge in [-0.3, -0.25) is 4.79 Å². The highest BCUT2D eigenvalue weighted by atomic mass is 32.2. The Morgan fingerprint density at radius 3 is 2.38 bits per heavy atom. The standard InChI is InChI=1S/C21H25NOS/c1-16(14-17-6-4-3-5-7-17)22(2)21(23)15-18-8-10-19(11-9-18)24-20-12-13-20/h3-11,16,20H,12-15H2,1-2H3. The van der Waals surface area contributed by atoms with Crippen LogP contribution >= 0.6 is 11.8 Å². The molecule has 1 fully saturated rings. The summed E-state index contributed by atoms with van der Waals surface area (Å²) in [6.45, 7) is 2.11. The van der Waals surface area contributed by atoms with E-state index in [1.54, 1.807) is 0 Å². The SMILES string of the molecule is CC(Cc1ccccc1)N(C)C(=O)Cc1ccc(SC2CC2)cc1. The summed E-state index contributed by atoms with van der Waals surface area (Å²) in [5, 5.41) is 0.822. The second-order valence-electron chi connectivity index (χ2n) is 6.68. The minimum absolute atomic E-state index is 0.182. The van der Waals surface area contributed by atoms with Crippen molar-refractivity contribution in [2.45, 2.75) is 48.8 Å². The summed E-state index contributed by atoms with van der Waals surface area (Å²) in [5.41, 5.74) is 2.37. The van der Waals surface area contributed by atoms with Crippen LogP contribution in [-0.4, -0.2) is 29.1 Å². The first-order chi connectivity index (χ1) is 11.6. The average Bonchev–Trinajstić information content (AvgIpc) is 3.41. The average molecular weight is 340 g/mol. The van der Waals surface area contributed by atoms with E-state index in [4.69, 9.17) is 0 Å². The number of rotatable bonds is 7. The fraction of sp³-hybridized carbons (Fsp3) is 0.381. The van der Waals surface area contributed by atoms with E-state index < -0.39 is 0 Å². The Bertz CT molecular complexity index is 664. The fourth-order valence-electron chi connectivity index (χ4n) is 2.70. The second kappa shape index (κ2) is 7.89. The van der Waals surface area contributed by atoms with Crippen molar-refractivity contribution in [1.82, 2.24) is 4.90 Å². The van der Waals surface area contributed by atoms with Gasteiger partial charge in [0.05, 0.1) is 6.42 Å². The van der Waals surface area contributed by atoms with Crippen LogP contribution in [0.3, 0.4) is 0 Å². The molecule has 3 rings (SSSR count). The Morgan fingerprint density at radius 1 is 1.08 bits per heavy atom. The first-order valence-electron chi connectivity index (χ1n) is 8.67. The normalized spacial score (nSPS) is 15.1. The van der Waals surface area contributed by atoms with Gasteiger partial charge >= 0.3 is 0 Å². The van der Waals surface area contributed by atoms with Crippen LogP contribution in [0.15, 0.2) is 59.5 Å². The van der Waals surface area contributed by atoms with Gasteiger partial charge in [-0.25, -0.2) is 0 Å². The molecule has 1 atom stereocenters. The van der Waals surface area contributed by atoms with Gasteiger partial charge < -0.3 is 4.90 Å². The van der Waals surface area contributed by atoms with Crippen LogP contribution in [0.4, 0.5) is 0 Å². The van der Waals surface area contributed by atoms with Crippen molar-refractivity contribution in [3.8, 4) is 0 Å². The van der Waals surface area contributed by atoms with E-state index in [9.17, 15) is 4.79 Å². The number of thioether (sulfide) groups is 1. The molecule has 1 aliphatic rings. The Morgan fingerprint density at radius 2 is 1.75 bits per heavy atom. The topological polar surface area (TPSA) is 20.3 Å². The molecule has 0 aliphatic heterocycles. The van der Waals surface area contributed by atoms with E-state index in [0.29, 0.717) is 6.42 Å². The molecule has 126 valence electrons. The van der Waals surface area contributed by atoms with Gasteiger partial charge in [0.1, 0.15) is 0 Å². The fourth-order valence-corrected chi connectivity index (χ4v) is 3.75. The van der Waals surface area contributed by atoms with Gasteiger partial charge in [-0.1, -0.05) is 42.5 Å². The number of hydrogen-bond acceptors (Lipinski definition) is 2. The maximum absolute atomic E-state index is 12.5. The monoisotopic (exact) mass is 339 g/mol. The summed E-state index contributed by atoms with van der Waals surface area (Å²) in [5.74, 6) is 0.182. The van der Waals surface area contributed by atoms with Gasteiger partial charge in [0.2, 0.25) is 5.91 Å². The van der Waals surface area contributed by atoms with Gasteiger partial charge in [0, 0.05) is 23.2 Å². The Labute approximate surface area is 149 Å². The van der Waals surface area contributed by atoms with Gasteiger partial charge in [-0.05, 0) is 49.4 Å². The number of amides is 1. The third kappa shape index (κ3) is 4.88. The third-order valence-corrected chi connectivity index (χ3v) is 5.88. The van der Waals surface area contributed by atoms with E-state index in [2.05, 4.69) is 43.3 Å². The highest BCUT2D eigenvalue weighted by Crippen LogP contribution is 2.39. The third-order valence-electron chi connectivity index (χ3n) is 4.53. The Kier molecular flexibility index (Phi) is 5.62. The molecule has 1 saturated carbocycles. The largest absolute Gasteiger partial charge is 0.342 e. The predicted molar refractivity (Wildman–Crippen MR) is 101 cm³/mol. The molecule has 2 aromatic rings. The molecule has 0 bridgehead atoms. The zero-order valence-corrected chi connectivity index (χ0v) is 15.3. The van der Waals surface area contributed by atoms with Gasteiger partial charge in [0.15, 0.2) is 0 Å². The molecule has 0 spiro atoms. The van der Waals surface area contributed by atoms with Crippen LogP contribution in [0.25, 0.3) is 0 Å². The second-order valence-corrected chi connectivity index (χ2v) is 8.06. The quantitative estimate of drug-likeness (QED) is 0.736. The van der Waals surface area contributed by atoms with Crippen molar-refractivity contribution >= 4 is 17.7 Å². The van der Waals surface area contributed by atoms with Crippen molar-refractivity contribution in [3.63, 3.8) is 0 Å². The lowest BCUT2D eigenvalue weighted by Crippen LogP contribution is -2.37. The minimum Gasteiger partial charge on any atom is -0.342 e. The molecule has 0 heterocycles. The first kappa shape index (κ1) is 17.1. The number of carbonyl (C=O) groups is 1. The lowest BCUT2D eigenvalue weighted by atomic mass is 10.1. The summed E-state index contributed by atoms with van der Waals surface area (Å²) in [6, 6.07) is 19.0. The van der Waals surface area contributed by atoms with Crippen molar-refractivity contribution in [1.29, 1.82) is 0 Å². The summed E-state index contributed by atoms with van der Waals surface area (Å²) < 4.78 is 0. The first-order valence-corrected chi connectivity index (χ1v) is 9.55. The zero-order chi connectivity index (χ0) is 16.9. The Balaban J connectivity index is 1.53. The van der Waals surface area contributed by atoms with Crippen molar-refractivity contribution in [2.75, 3.05) is 7.05 Å². The molecular weight excluding hydrogens is 314 g/mol. The van der Waals surface area contributed by atoms with Crippen molar-refractivity contribution in [3.05, 3.63) is 65.7 Å². The number of carbonyl (C=O) groups excluding carboxylic acids is 1. The molecule has 1 amide bonds. The molecule has 3 heteroatoms. The highest BCUT2D eigenvalue weighted by Gasteiger charge is 2.22. The molecule has 1 unspecified atom stereocenters. The zero-order valence-electron chi connectivity index (χ0n) is 14.4. The van der Waals surface area contributed by atoms with Gasteiger partial charge in [-0.15, -0.1) is 11.8 Å². The van der Waals surface area contributed by atoms with E-state index in [-0.39, 0.29) is 11.9 Å². The van der Waals surface area contributed by atoms with Crippen LogP contribution in [0.1, 0.15) is 30.9 Å². The molecule has 0 N–H and O–H groups in total. The predicted octanol–water partition coefficient (Wildman–Crippen LogP) is 4.57. The van der Waals surface area contributed by atoms with Crippen molar-refractivity contribution < 1.29 is 4.79 Å². The van der Waals surface area contributed by atoms with Crippen LogP contribution in [0.5, 0.6) is 0 Å². The van der Waals surface area contributed by atoms with Gasteiger partial charge in [-0.2, -0.15) is 0 Å². The number of benzene rings is 2. The summed E-state index contributed by atoms with van der Waals surface area (Å²) in [4.78, 5) is 15.7. The molecule has 0 aromatic heterocycles. The van der Waals surface area contributed by atoms with Crippen LogP contribution in [-0.2, 0) is 17.6 Å². The van der Waals surface area contributed by atoms with Crippen molar-refractivity contribution in [2.24, 2.45) is 0 Å². The van der Waals surface area contributed by atoms with E-state index in [1.807, 2.05) is 41.9 Å². The number of likely N-dealkylation sites (N-methyl/N-ethyl adjacent to an activating group) is 1. The molecule has 0 saturated heterocycles. The maximum Gasteiger partial charge on any atom is 0.226 e. The summed E-state index contributed by atoms with van der Waals surface area (Å²) in [6.07, 6.45) is 4.05. The lowest BCUT2D eigenvalue weighted by molar-refractivity contribution is -0.130. The van der Waals surface area contributed by atoms with Gasteiger partial charge in [0.25, 0.3) is 0 Å². The summed E-state index contributed by atoms with van der Waals surface area (Å²) >= 11 is 1.95. The lowest BCUT2D eigenvalue weighted by Gasteiger charge is -2.25. The smallest absolute Gasteiger partial charge is 0.226 e. The van der Waals surface area contributed by atoms with E-state index in [0.717, 1.165) is 17.2 Å². The highest BCUT2D eigenvalue weighted by molar-refractivity contribution is 8.00. The molecular formula is C21H25NOS. The maximum atomic E-state index is 12.5. The molecule has 2 nitrogen and oxygen atoms in total. The Hall–Kier alpha value is -1.74. The molecule has 2 aromatic carbocycles. The van der Waals surface area contributed by atoms with E-state index >= 15 is 0 Å². The minimum atomic E-state index is 0.182. The number of nitrogens with zero attached hydrogens (tertiary/aromatic N) is 1. The van der Waals surface area contributed by atoms with Crippen LogP contribution in [0, 0.1) is 0 Å². The summed E-state index contributed by atoms with van der Waals surface area (Å²) in [7, 11) is 1.91.